The molecule has 1 heterocycles. The Morgan fingerprint density at radius 3 is 2.38 bits per heavy atom. The van der Waals surface area contributed by atoms with Crippen LogP contribution in [0.1, 0.15) is 41.0 Å². The molecular weight excluding hydrogens is 414 g/mol. The first-order chi connectivity index (χ1) is 13.6. The van der Waals surface area contributed by atoms with E-state index in [1.54, 1.807) is 6.07 Å². The molecule has 1 aromatic carbocycles. The van der Waals surface area contributed by atoms with E-state index in [0.29, 0.717) is 22.8 Å². The van der Waals surface area contributed by atoms with E-state index in [-0.39, 0.29) is 11.4 Å². The minimum Gasteiger partial charge on any atom is -0.341 e. The second-order valence-electron chi connectivity index (χ2n) is 6.93. The summed E-state index contributed by atoms with van der Waals surface area (Å²) in [6.07, 6.45) is 0.0318. The molecule has 0 radical (unpaired) electrons. The van der Waals surface area contributed by atoms with Gasteiger partial charge in [0.25, 0.3) is 0 Å². The highest BCUT2D eigenvalue weighted by Crippen LogP contribution is 2.47. The predicted molar refractivity (Wildman–Crippen MR) is 96.1 cm³/mol. The highest BCUT2D eigenvalue weighted by Gasteiger charge is 2.41. The largest absolute Gasteiger partial charge is 0.471 e. The molecule has 0 spiro atoms. The van der Waals surface area contributed by atoms with Crippen LogP contribution in [0.2, 0.25) is 5.02 Å². The summed E-state index contributed by atoms with van der Waals surface area (Å²) in [6, 6.07) is 4.38. The first-order valence-corrected chi connectivity index (χ1v) is 9.13. The van der Waals surface area contributed by atoms with Crippen molar-refractivity contribution in [3.05, 3.63) is 58.4 Å². The third kappa shape index (κ3) is 4.72. The van der Waals surface area contributed by atoms with Crippen LogP contribution in [-0.2, 0) is 16.6 Å². The maximum Gasteiger partial charge on any atom is 0.471 e. The van der Waals surface area contributed by atoms with E-state index in [1.165, 1.54) is 29.8 Å². The Kier molecular flexibility index (Phi) is 5.88. The molecule has 0 bridgehead atoms. The van der Waals surface area contributed by atoms with E-state index in [9.17, 15) is 27.2 Å². The Bertz CT molecular complexity index is 928. The summed E-state index contributed by atoms with van der Waals surface area (Å²) in [7, 11) is 0. The number of rotatable bonds is 6. The van der Waals surface area contributed by atoms with Crippen molar-refractivity contribution in [3.8, 4) is 0 Å². The zero-order valence-electron chi connectivity index (χ0n) is 15.0. The number of nitrogens with zero attached hydrogens (tertiary/aromatic N) is 2. The molecule has 1 saturated carbocycles. The van der Waals surface area contributed by atoms with Crippen molar-refractivity contribution in [3.63, 3.8) is 0 Å². The number of alkyl halides is 3. The molecule has 0 atom stereocenters. The lowest BCUT2D eigenvalue weighted by atomic mass is 9.62. The zero-order valence-corrected chi connectivity index (χ0v) is 15.8. The number of carbonyl (C=O) groups is 2. The van der Waals surface area contributed by atoms with E-state index in [1.807, 2.05) is 0 Å². The van der Waals surface area contributed by atoms with Gasteiger partial charge >= 0.3 is 12.1 Å². The van der Waals surface area contributed by atoms with Gasteiger partial charge in [-0.3, -0.25) is 9.59 Å². The number of amides is 1. The van der Waals surface area contributed by atoms with E-state index >= 15 is 0 Å². The van der Waals surface area contributed by atoms with E-state index < -0.39 is 29.8 Å². The van der Waals surface area contributed by atoms with Crippen LogP contribution in [0.3, 0.4) is 0 Å². The van der Waals surface area contributed by atoms with Crippen LogP contribution in [-0.4, -0.2) is 34.4 Å². The van der Waals surface area contributed by atoms with Crippen LogP contribution in [0.25, 0.3) is 0 Å². The van der Waals surface area contributed by atoms with Crippen molar-refractivity contribution in [1.29, 1.82) is 0 Å². The average Bonchev–Trinajstić information content (AvgIpc) is 2.64. The first-order valence-electron chi connectivity index (χ1n) is 8.75. The van der Waals surface area contributed by atoms with Gasteiger partial charge in [-0.1, -0.05) is 18.0 Å². The van der Waals surface area contributed by atoms with Gasteiger partial charge in [-0.25, -0.2) is 14.4 Å². The van der Waals surface area contributed by atoms with Gasteiger partial charge in [0.15, 0.2) is 5.78 Å². The lowest BCUT2D eigenvalue weighted by Crippen LogP contribution is -2.39. The SMILES string of the molecule is O=C(CNC(=O)C(F)(F)F)c1cnc(CC2(c3cc(Cl)ccc3F)CCC2)nc1. The fourth-order valence-electron chi connectivity index (χ4n) is 3.30. The lowest BCUT2D eigenvalue weighted by molar-refractivity contribution is -0.173. The minimum absolute atomic E-state index is 0.0344. The molecule has 154 valence electrons. The molecule has 1 amide bonds. The van der Waals surface area contributed by atoms with Gasteiger partial charge in [0.2, 0.25) is 0 Å². The standard InChI is InChI=1S/C19H16ClF4N3O2/c20-12-2-3-14(21)13(6-12)18(4-1-5-18)7-16-25-8-11(9-26-16)15(28)10-27-17(29)19(22,23)24/h2-3,6,8-9H,1,4-5,7,10H2,(H,27,29). The van der Waals surface area contributed by atoms with Crippen LogP contribution in [0.4, 0.5) is 17.6 Å². The smallest absolute Gasteiger partial charge is 0.341 e. The molecule has 29 heavy (non-hydrogen) atoms. The molecule has 1 aliphatic carbocycles. The number of benzene rings is 1. The van der Waals surface area contributed by atoms with Gasteiger partial charge in [-0.05, 0) is 36.6 Å². The van der Waals surface area contributed by atoms with E-state index in [2.05, 4.69) is 9.97 Å². The zero-order chi connectivity index (χ0) is 21.2. The fraction of sp³-hybridized carbons (Fsp3) is 0.368. The molecule has 2 aromatic rings. The second-order valence-corrected chi connectivity index (χ2v) is 7.36. The highest BCUT2D eigenvalue weighted by atomic mass is 35.5. The number of aromatic nitrogens is 2. The van der Waals surface area contributed by atoms with Crippen molar-refractivity contribution in [1.82, 2.24) is 15.3 Å². The molecule has 1 aliphatic rings. The van der Waals surface area contributed by atoms with Gasteiger partial charge < -0.3 is 5.32 Å². The monoisotopic (exact) mass is 429 g/mol. The number of Topliss-reactive ketones (excluding diaryl/α,β-unsaturated/α-hetero) is 1. The highest BCUT2D eigenvalue weighted by molar-refractivity contribution is 6.30. The molecule has 5 nitrogen and oxygen atoms in total. The third-order valence-corrected chi connectivity index (χ3v) is 5.24. The van der Waals surface area contributed by atoms with Gasteiger partial charge in [0, 0.05) is 29.3 Å². The minimum atomic E-state index is -5.06. The average molecular weight is 430 g/mol. The number of nitrogens with one attached hydrogen (secondary N) is 1. The summed E-state index contributed by atoms with van der Waals surface area (Å²) >= 11 is 6.01. The normalized spacial score (nSPS) is 15.5. The maximum absolute atomic E-state index is 14.3. The number of halogens is 5. The van der Waals surface area contributed by atoms with Crippen LogP contribution in [0.15, 0.2) is 30.6 Å². The summed E-state index contributed by atoms with van der Waals surface area (Å²) in [4.78, 5) is 30.9. The lowest BCUT2D eigenvalue weighted by Gasteiger charge is -2.42. The molecule has 3 rings (SSSR count). The van der Waals surface area contributed by atoms with Gasteiger partial charge in [0.05, 0.1) is 12.1 Å². The summed E-state index contributed by atoms with van der Waals surface area (Å²) in [5.41, 5.74) is -0.0241. The van der Waals surface area contributed by atoms with Crippen LogP contribution in [0.5, 0.6) is 0 Å². The Hall–Kier alpha value is -2.55. The van der Waals surface area contributed by atoms with Crippen molar-refractivity contribution < 1.29 is 27.2 Å². The number of ketones is 1. The quantitative estimate of drug-likeness (QED) is 0.560. The molecule has 0 aliphatic heterocycles. The number of hydrogen-bond donors (Lipinski definition) is 1. The summed E-state index contributed by atoms with van der Waals surface area (Å²) < 4.78 is 50.8. The molecular formula is C19H16ClF4N3O2. The van der Waals surface area contributed by atoms with Crippen LogP contribution >= 0.6 is 11.6 Å². The second kappa shape index (κ2) is 8.06. The maximum atomic E-state index is 14.3. The Labute approximate surface area is 168 Å². The number of carbonyl (C=O) groups excluding carboxylic acids is 2. The van der Waals surface area contributed by atoms with Crippen molar-refractivity contribution in [2.24, 2.45) is 0 Å². The van der Waals surface area contributed by atoms with Gasteiger partial charge in [-0.2, -0.15) is 13.2 Å². The van der Waals surface area contributed by atoms with Crippen molar-refractivity contribution in [2.45, 2.75) is 37.3 Å². The van der Waals surface area contributed by atoms with Gasteiger partial charge in [-0.15, -0.1) is 0 Å². The Morgan fingerprint density at radius 1 is 1.17 bits per heavy atom. The first kappa shape index (κ1) is 21.2. The molecule has 1 fully saturated rings. The Morgan fingerprint density at radius 2 is 1.83 bits per heavy atom. The van der Waals surface area contributed by atoms with E-state index in [0.717, 1.165) is 19.3 Å². The third-order valence-electron chi connectivity index (χ3n) is 5.00. The van der Waals surface area contributed by atoms with Crippen LogP contribution in [0, 0.1) is 5.82 Å². The van der Waals surface area contributed by atoms with E-state index in [4.69, 9.17) is 11.6 Å². The Balaban J connectivity index is 1.69. The van der Waals surface area contributed by atoms with Crippen LogP contribution < -0.4 is 5.32 Å². The molecule has 0 unspecified atom stereocenters. The van der Waals surface area contributed by atoms with Gasteiger partial charge in [0.1, 0.15) is 11.6 Å². The molecule has 0 saturated heterocycles. The summed E-state index contributed by atoms with van der Waals surface area (Å²) in [5, 5.41) is 1.93. The molecule has 1 aromatic heterocycles. The molecule has 1 N–H and O–H groups in total. The van der Waals surface area contributed by atoms with Crippen molar-refractivity contribution >= 4 is 23.3 Å². The molecule has 10 heteroatoms. The summed E-state index contributed by atoms with van der Waals surface area (Å²) in [6.45, 7) is -0.821. The number of hydrogen-bond acceptors (Lipinski definition) is 4. The van der Waals surface area contributed by atoms with Crippen molar-refractivity contribution in [2.75, 3.05) is 6.54 Å². The predicted octanol–water partition coefficient (Wildman–Crippen LogP) is 3.79. The topological polar surface area (TPSA) is 72.0 Å². The summed E-state index contributed by atoms with van der Waals surface area (Å²) in [5.74, 6) is -2.94. The fourth-order valence-corrected chi connectivity index (χ4v) is 3.48.